The summed E-state index contributed by atoms with van der Waals surface area (Å²) in [4.78, 5) is 10.9. The molecule has 1 aromatic rings. The molecule has 1 N–H and O–H groups in total. The third kappa shape index (κ3) is 2.23. The summed E-state index contributed by atoms with van der Waals surface area (Å²) in [5.41, 5.74) is 3.57. The molecule has 0 aromatic heterocycles. The molecule has 1 aliphatic rings. The number of benzene rings is 1. The van der Waals surface area contributed by atoms with E-state index in [2.05, 4.69) is 5.32 Å². The van der Waals surface area contributed by atoms with E-state index in [9.17, 15) is 4.79 Å². The van der Waals surface area contributed by atoms with Gasteiger partial charge in [-0.15, -0.1) is 12.4 Å². The van der Waals surface area contributed by atoms with Crippen molar-refractivity contribution in [3.8, 4) is 0 Å². The lowest BCUT2D eigenvalue weighted by atomic mass is 9.97. The zero-order valence-electron chi connectivity index (χ0n) is 8.74. The number of hydrogen-bond acceptors (Lipinski definition) is 2. The van der Waals surface area contributed by atoms with Crippen molar-refractivity contribution in [2.75, 3.05) is 6.61 Å². The average molecular weight is 228 g/mol. The lowest BCUT2D eigenvalue weighted by molar-refractivity contribution is 0.177. The van der Waals surface area contributed by atoms with Crippen molar-refractivity contribution in [3.05, 3.63) is 34.9 Å². The second-order valence-corrected chi connectivity index (χ2v) is 3.60. The van der Waals surface area contributed by atoms with E-state index in [-0.39, 0.29) is 24.5 Å². The van der Waals surface area contributed by atoms with Gasteiger partial charge in [-0.05, 0) is 30.5 Å². The topological polar surface area (TPSA) is 38.3 Å². The third-order valence-corrected chi connectivity index (χ3v) is 2.56. The van der Waals surface area contributed by atoms with Crippen LogP contribution >= 0.6 is 12.4 Å². The van der Waals surface area contributed by atoms with Crippen molar-refractivity contribution in [3.63, 3.8) is 0 Å². The maximum atomic E-state index is 10.9. The molecule has 1 saturated heterocycles. The van der Waals surface area contributed by atoms with E-state index < -0.39 is 0 Å². The number of carbonyl (C=O) groups excluding carboxylic acids is 1. The maximum absolute atomic E-state index is 10.9. The van der Waals surface area contributed by atoms with E-state index in [0.717, 1.165) is 0 Å². The van der Waals surface area contributed by atoms with Crippen LogP contribution < -0.4 is 5.32 Å². The van der Waals surface area contributed by atoms with Crippen molar-refractivity contribution < 1.29 is 9.53 Å². The monoisotopic (exact) mass is 227 g/mol. The number of alkyl carbamates (subject to hydrolysis) is 1. The van der Waals surface area contributed by atoms with E-state index in [1.807, 2.05) is 32.0 Å². The molecule has 1 aromatic carbocycles. The van der Waals surface area contributed by atoms with Crippen LogP contribution in [0.4, 0.5) is 4.79 Å². The molecule has 0 saturated carbocycles. The minimum Gasteiger partial charge on any atom is -0.447 e. The Balaban J connectivity index is 0.00000112. The van der Waals surface area contributed by atoms with Gasteiger partial charge in [-0.3, -0.25) is 0 Å². The van der Waals surface area contributed by atoms with Crippen molar-refractivity contribution in [2.45, 2.75) is 19.9 Å². The molecule has 0 aliphatic carbocycles. The van der Waals surface area contributed by atoms with Crippen LogP contribution in [0.5, 0.6) is 0 Å². The van der Waals surface area contributed by atoms with E-state index in [0.29, 0.717) is 6.61 Å². The average Bonchev–Trinajstić information content (AvgIpc) is 2.51. The smallest absolute Gasteiger partial charge is 0.407 e. The van der Waals surface area contributed by atoms with Crippen LogP contribution in [0.15, 0.2) is 18.2 Å². The van der Waals surface area contributed by atoms with E-state index in [1.165, 1.54) is 16.7 Å². The van der Waals surface area contributed by atoms with Crippen LogP contribution in [-0.4, -0.2) is 12.7 Å². The summed E-state index contributed by atoms with van der Waals surface area (Å²) in [5.74, 6) is 0. The molecular weight excluding hydrogens is 214 g/mol. The van der Waals surface area contributed by atoms with Gasteiger partial charge in [-0.2, -0.15) is 0 Å². The van der Waals surface area contributed by atoms with E-state index in [1.54, 1.807) is 0 Å². The number of rotatable bonds is 1. The van der Waals surface area contributed by atoms with Gasteiger partial charge in [0.15, 0.2) is 0 Å². The predicted molar refractivity (Wildman–Crippen MR) is 60.4 cm³/mol. The van der Waals surface area contributed by atoms with E-state index in [4.69, 9.17) is 4.74 Å². The van der Waals surface area contributed by atoms with Gasteiger partial charge in [0.25, 0.3) is 0 Å². The molecule has 1 amide bonds. The van der Waals surface area contributed by atoms with Crippen LogP contribution in [-0.2, 0) is 4.74 Å². The fourth-order valence-corrected chi connectivity index (χ4v) is 1.92. The molecule has 1 aliphatic heterocycles. The molecule has 4 heteroatoms. The maximum Gasteiger partial charge on any atom is 0.407 e. The fourth-order valence-electron chi connectivity index (χ4n) is 1.92. The molecule has 15 heavy (non-hydrogen) atoms. The highest BCUT2D eigenvalue weighted by Gasteiger charge is 2.25. The lowest BCUT2D eigenvalue weighted by Gasteiger charge is -2.14. The molecule has 1 atom stereocenters. The van der Waals surface area contributed by atoms with Crippen molar-refractivity contribution in [2.24, 2.45) is 0 Å². The van der Waals surface area contributed by atoms with Gasteiger partial charge >= 0.3 is 6.09 Å². The van der Waals surface area contributed by atoms with Crippen LogP contribution in [0, 0.1) is 13.8 Å². The molecule has 0 unspecified atom stereocenters. The van der Waals surface area contributed by atoms with Crippen molar-refractivity contribution in [1.82, 2.24) is 5.32 Å². The standard InChI is InChI=1S/C11H13NO2.ClH/c1-7-4-3-5-8(2)10(7)9-6-14-11(13)12-9;/h3-5,9H,6H2,1-2H3,(H,12,13);1H/t9-;/m1./s1. The highest BCUT2D eigenvalue weighted by Crippen LogP contribution is 2.24. The highest BCUT2D eigenvalue weighted by atomic mass is 35.5. The molecule has 0 bridgehead atoms. The first-order valence-corrected chi connectivity index (χ1v) is 4.68. The Bertz CT molecular complexity index is 359. The first-order valence-electron chi connectivity index (χ1n) is 4.68. The summed E-state index contributed by atoms with van der Waals surface area (Å²) in [6, 6.07) is 6.13. The number of aryl methyl sites for hydroxylation is 2. The number of ether oxygens (including phenoxy) is 1. The second-order valence-electron chi connectivity index (χ2n) is 3.60. The molecule has 1 heterocycles. The Morgan fingerprint density at radius 1 is 1.33 bits per heavy atom. The molecule has 2 rings (SSSR count). The summed E-state index contributed by atoms with van der Waals surface area (Å²) in [5, 5.41) is 2.79. The Labute approximate surface area is 95.2 Å². The van der Waals surface area contributed by atoms with Crippen LogP contribution in [0.1, 0.15) is 22.7 Å². The summed E-state index contributed by atoms with van der Waals surface area (Å²) < 4.78 is 4.88. The molecule has 0 spiro atoms. The van der Waals surface area contributed by atoms with Crippen LogP contribution in [0.2, 0.25) is 0 Å². The zero-order chi connectivity index (χ0) is 10.1. The molecule has 3 nitrogen and oxygen atoms in total. The van der Waals surface area contributed by atoms with Gasteiger partial charge in [0.05, 0.1) is 6.04 Å². The first kappa shape index (κ1) is 11.9. The highest BCUT2D eigenvalue weighted by molar-refractivity contribution is 5.85. The minimum absolute atomic E-state index is 0. The number of halogens is 1. The molecule has 1 fully saturated rings. The largest absolute Gasteiger partial charge is 0.447 e. The zero-order valence-corrected chi connectivity index (χ0v) is 9.56. The van der Waals surface area contributed by atoms with Crippen LogP contribution in [0.25, 0.3) is 0 Å². The SMILES string of the molecule is Cc1cccc(C)c1[C@H]1COC(=O)N1.Cl. The summed E-state index contributed by atoms with van der Waals surface area (Å²) in [7, 11) is 0. The number of carbonyl (C=O) groups is 1. The third-order valence-electron chi connectivity index (χ3n) is 2.56. The van der Waals surface area contributed by atoms with Gasteiger partial charge in [-0.25, -0.2) is 4.79 Å². The van der Waals surface area contributed by atoms with Gasteiger partial charge in [0.1, 0.15) is 6.61 Å². The number of amides is 1. The number of nitrogens with one attached hydrogen (secondary N) is 1. The quantitative estimate of drug-likeness (QED) is 0.801. The Morgan fingerprint density at radius 2 is 1.93 bits per heavy atom. The minimum atomic E-state index is -0.322. The van der Waals surface area contributed by atoms with Gasteiger partial charge in [0.2, 0.25) is 0 Å². The Hall–Kier alpha value is -1.22. The van der Waals surface area contributed by atoms with Crippen LogP contribution in [0.3, 0.4) is 0 Å². The lowest BCUT2D eigenvalue weighted by Crippen LogP contribution is -2.19. The number of cyclic esters (lactones) is 1. The summed E-state index contributed by atoms with van der Waals surface area (Å²) in [6.45, 7) is 4.53. The molecule has 0 radical (unpaired) electrons. The fraction of sp³-hybridized carbons (Fsp3) is 0.364. The summed E-state index contributed by atoms with van der Waals surface area (Å²) in [6.07, 6.45) is -0.322. The second kappa shape index (κ2) is 4.53. The van der Waals surface area contributed by atoms with Gasteiger partial charge in [-0.1, -0.05) is 18.2 Å². The Kier molecular flexibility index (Phi) is 3.58. The predicted octanol–water partition coefficient (Wildman–Crippen LogP) is 2.51. The molecule has 82 valence electrons. The normalized spacial score (nSPS) is 19.1. The van der Waals surface area contributed by atoms with Crippen molar-refractivity contribution in [1.29, 1.82) is 0 Å². The van der Waals surface area contributed by atoms with E-state index >= 15 is 0 Å². The first-order chi connectivity index (χ1) is 6.68. The Morgan fingerprint density at radius 3 is 2.40 bits per heavy atom. The van der Waals surface area contributed by atoms with Gasteiger partial charge in [0, 0.05) is 0 Å². The molecular formula is C11H14ClNO2. The summed E-state index contributed by atoms with van der Waals surface area (Å²) >= 11 is 0. The van der Waals surface area contributed by atoms with Crippen molar-refractivity contribution >= 4 is 18.5 Å². The van der Waals surface area contributed by atoms with Gasteiger partial charge < -0.3 is 10.1 Å². The number of hydrogen-bond donors (Lipinski definition) is 1.